The minimum absolute atomic E-state index is 0.0101. The highest BCUT2D eigenvalue weighted by molar-refractivity contribution is 6.06. The molecule has 20 heavy (non-hydrogen) atoms. The molecule has 1 aromatic heterocycles. The summed E-state index contributed by atoms with van der Waals surface area (Å²) in [7, 11) is 1.81. The average molecular weight is 270 g/mol. The average Bonchev–Trinajstić information content (AvgIpc) is 3.01. The van der Waals surface area contributed by atoms with Crippen LogP contribution in [0.4, 0.5) is 11.4 Å². The van der Waals surface area contributed by atoms with Gasteiger partial charge >= 0.3 is 0 Å². The molecule has 0 atom stereocenters. The standard InChI is InChI=1S/C15H18N4O/c1-3-12-9-14(18(2)17-12)15(20)19-7-6-10-4-5-11(16)8-13(10)19/h4-5,8-9H,3,6-7,16H2,1-2H3. The van der Waals surface area contributed by atoms with Crippen LogP contribution in [0, 0.1) is 0 Å². The van der Waals surface area contributed by atoms with Crippen molar-refractivity contribution in [1.29, 1.82) is 0 Å². The molecule has 2 aromatic rings. The fourth-order valence-electron chi connectivity index (χ4n) is 2.65. The molecule has 104 valence electrons. The number of hydrogen-bond acceptors (Lipinski definition) is 3. The molecule has 0 bridgehead atoms. The second-order valence-corrected chi connectivity index (χ2v) is 5.09. The molecule has 0 fully saturated rings. The molecular weight excluding hydrogens is 252 g/mol. The number of hydrogen-bond donors (Lipinski definition) is 1. The van der Waals surface area contributed by atoms with Gasteiger partial charge in [0.1, 0.15) is 5.69 Å². The fraction of sp³-hybridized carbons (Fsp3) is 0.333. The van der Waals surface area contributed by atoms with Crippen LogP contribution >= 0.6 is 0 Å². The van der Waals surface area contributed by atoms with Gasteiger partial charge in [-0.05, 0) is 36.6 Å². The highest BCUT2D eigenvalue weighted by Crippen LogP contribution is 2.31. The van der Waals surface area contributed by atoms with E-state index >= 15 is 0 Å². The van der Waals surface area contributed by atoms with Crippen molar-refractivity contribution in [3.05, 3.63) is 41.2 Å². The molecule has 0 unspecified atom stereocenters. The largest absolute Gasteiger partial charge is 0.399 e. The van der Waals surface area contributed by atoms with E-state index in [2.05, 4.69) is 5.10 Å². The Hall–Kier alpha value is -2.30. The summed E-state index contributed by atoms with van der Waals surface area (Å²) >= 11 is 0. The number of anilines is 2. The summed E-state index contributed by atoms with van der Waals surface area (Å²) in [6.45, 7) is 2.73. The number of rotatable bonds is 2. The molecule has 0 saturated carbocycles. The van der Waals surface area contributed by atoms with Crippen LogP contribution in [0.5, 0.6) is 0 Å². The van der Waals surface area contributed by atoms with Crippen molar-refractivity contribution in [1.82, 2.24) is 9.78 Å². The van der Waals surface area contributed by atoms with Gasteiger partial charge in [-0.25, -0.2) is 0 Å². The Morgan fingerprint density at radius 2 is 2.20 bits per heavy atom. The second kappa shape index (κ2) is 4.67. The summed E-state index contributed by atoms with van der Waals surface area (Å²) in [6, 6.07) is 7.62. The predicted molar refractivity (Wildman–Crippen MR) is 78.8 cm³/mol. The third kappa shape index (κ3) is 1.95. The van der Waals surface area contributed by atoms with Crippen LogP contribution in [0.1, 0.15) is 28.7 Å². The lowest BCUT2D eigenvalue weighted by Gasteiger charge is -2.17. The second-order valence-electron chi connectivity index (χ2n) is 5.09. The third-order valence-corrected chi connectivity index (χ3v) is 3.76. The SMILES string of the molecule is CCc1cc(C(=O)N2CCc3ccc(N)cc32)n(C)n1. The summed E-state index contributed by atoms with van der Waals surface area (Å²) in [5, 5.41) is 4.34. The summed E-state index contributed by atoms with van der Waals surface area (Å²) in [4.78, 5) is 14.5. The van der Waals surface area contributed by atoms with E-state index in [4.69, 9.17) is 5.73 Å². The van der Waals surface area contributed by atoms with Crippen molar-refractivity contribution < 1.29 is 4.79 Å². The van der Waals surface area contributed by atoms with Gasteiger partial charge in [0.15, 0.2) is 0 Å². The topological polar surface area (TPSA) is 64.2 Å². The first-order valence-corrected chi connectivity index (χ1v) is 6.83. The maximum atomic E-state index is 12.7. The first-order chi connectivity index (χ1) is 9.60. The van der Waals surface area contributed by atoms with Gasteiger partial charge in [0.05, 0.1) is 5.69 Å². The molecule has 1 amide bonds. The molecule has 2 N–H and O–H groups in total. The molecule has 0 radical (unpaired) electrons. The minimum atomic E-state index is -0.0101. The molecule has 2 heterocycles. The number of carbonyl (C=O) groups excluding carboxylic acids is 1. The minimum Gasteiger partial charge on any atom is -0.399 e. The molecule has 1 aliphatic heterocycles. The van der Waals surface area contributed by atoms with E-state index in [0.717, 1.165) is 24.2 Å². The predicted octanol–water partition coefficient (Wildman–Crippen LogP) is 1.77. The number of nitrogens with zero attached hydrogens (tertiary/aromatic N) is 3. The Morgan fingerprint density at radius 1 is 1.40 bits per heavy atom. The normalized spacial score (nSPS) is 13.6. The highest BCUT2D eigenvalue weighted by Gasteiger charge is 2.27. The molecule has 0 spiro atoms. The number of amides is 1. The van der Waals surface area contributed by atoms with Gasteiger partial charge in [-0.2, -0.15) is 5.10 Å². The van der Waals surface area contributed by atoms with Crippen molar-refractivity contribution in [3.63, 3.8) is 0 Å². The maximum absolute atomic E-state index is 12.7. The van der Waals surface area contributed by atoms with Crippen LogP contribution in [0.2, 0.25) is 0 Å². The molecule has 1 aliphatic rings. The molecular formula is C15H18N4O. The highest BCUT2D eigenvalue weighted by atomic mass is 16.2. The molecule has 0 aliphatic carbocycles. The van der Waals surface area contributed by atoms with E-state index in [1.165, 1.54) is 5.56 Å². The number of aryl methyl sites for hydroxylation is 2. The van der Waals surface area contributed by atoms with Crippen LogP contribution in [-0.4, -0.2) is 22.2 Å². The van der Waals surface area contributed by atoms with Crippen molar-refractivity contribution in [2.45, 2.75) is 19.8 Å². The van der Waals surface area contributed by atoms with Crippen molar-refractivity contribution >= 4 is 17.3 Å². The van der Waals surface area contributed by atoms with Gasteiger partial charge in [0, 0.05) is 25.0 Å². The zero-order chi connectivity index (χ0) is 14.3. The van der Waals surface area contributed by atoms with E-state index in [1.807, 2.05) is 38.2 Å². The summed E-state index contributed by atoms with van der Waals surface area (Å²) in [5.74, 6) is -0.0101. The number of fused-ring (bicyclic) bond motifs is 1. The first kappa shape index (κ1) is 12.7. The van der Waals surface area contributed by atoms with Crippen LogP contribution in [0.25, 0.3) is 0 Å². The van der Waals surface area contributed by atoms with Crippen LogP contribution in [0.3, 0.4) is 0 Å². The van der Waals surface area contributed by atoms with Gasteiger partial charge in [0.2, 0.25) is 0 Å². The van der Waals surface area contributed by atoms with Gasteiger partial charge in [-0.3, -0.25) is 9.48 Å². The monoisotopic (exact) mass is 270 g/mol. The number of aromatic nitrogens is 2. The van der Waals surface area contributed by atoms with Crippen molar-refractivity contribution in [3.8, 4) is 0 Å². The lowest BCUT2D eigenvalue weighted by Crippen LogP contribution is -2.30. The Kier molecular flexibility index (Phi) is 2.97. The maximum Gasteiger partial charge on any atom is 0.276 e. The Morgan fingerprint density at radius 3 is 2.90 bits per heavy atom. The summed E-state index contributed by atoms with van der Waals surface area (Å²) < 4.78 is 1.66. The molecule has 5 nitrogen and oxygen atoms in total. The fourth-order valence-corrected chi connectivity index (χ4v) is 2.65. The number of benzene rings is 1. The Bertz CT molecular complexity index is 675. The molecule has 3 rings (SSSR count). The zero-order valence-electron chi connectivity index (χ0n) is 11.8. The lowest BCUT2D eigenvalue weighted by atomic mass is 10.1. The first-order valence-electron chi connectivity index (χ1n) is 6.83. The van der Waals surface area contributed by atoms with Crippen LogP contribution < -0.4 is 10.6 Å². The molecule has 5 heteroatoms. The van der Waals surface area contributed by atoms with Gasteiger partial charge in [-0.15, -0.1) is 0 Å². The van der Waals surface area contributed by atoms with E-state index in [0.29, 0.717) is 17.9 Å². The van der Waals surface area contributed by atoms with Gasteiger partial charge in [-0.1, -0.05) is 13.0 Å². The molecule has 1 aromatic carbocycles. The van der Waals surface area contributed by atoms with Gasteiger partial charge < -0.3 is 10.6 Å². The number of nitrogens with two attached hydrogens (primary N) is 1. The van der Waals surface area contributed by atoms with Crippen LogP contribution in [-0.2, 0) is 19.9 Å². The Balaban J connectivity index is 1.97. The van der Waals surface area contributed by atoms with Crippen molar-refractivity contribution in [2.24, 2.45) is 7.05 Å². The van der Waals surface area contributed by atoms with Crippen LogP contribution in [0.15, 0.2) is 24.3 Å². The van der Waals surface area contributed by atoms with Crippen molar-refractivity contribution in [2.75, 3.05) is 17.2 Å². The summed E-state index contributed by atoms with van der Waals surface area (Å²) in [6.07, 6.45) is 1.70. The number of nitrogen functional groups attached to an aromatic ring is 1. The Labute approximate surface area is 118 Å². The van der Waals surface area contributed by atoms with E-state index in [9.17, 15) is 4.79 Å². The number of carbonyl (C=O) groups is 1. The zero-order valence-corrected chi connectivity index (χ0v) is 11.8. The van der Waals surface area contributed by atoms with E-state index in [1.54, 1.807) is 9.58 Å². The smallest absolute Gasteiger partial charge is 0.276 e. The van der Waals surface area contributed by atoms with E-state index < -0.39 is 0 Å². The summed E-state index contributed by atoms with van der Waals surface area (Å²) in [5.41, 5.74) is 10.2. The van der Waals surface area contributed by atoms with E-state index in [-0.39, 0.29) is 5.91 Å². The lowest BCUT2D eigenvalue weighted by molar-refractivity contribution is 0.0980. The molecule has 0 saturated heterocycles. The van der Waals surface area contributed by atoms with Gasteiger partial charge in [0.25, 0.3) is 5.91 Å². The quantitative estimate of drug-likeness (QED) is 0.846. The third-order valence-electron chi connectivity index (χ3n) is 3.76.